The van der Waals surface area contributed by atoms with Crippen LogP contribution in [0, 0.1) is 0 Å². The quantitative estimate of drug-likeness (QED) is 0.705. The van der Waals surface area contributed by atoms with E-state index in [-0.39, 0.29) is 0 Å². The molecule has 0 amide bonds. The molecule has 0 aliphatic heterocycles. The lowest BCUT2D eigenvalue weighted by Crippen LogP contribution is -2.34. The van der Waals surface area contributed by atoms with E-state index in [0.29, 0.717) is 6.54 Å². The van der Waals surface area contributed by atoms with E-state index in [1.807, 2.05) is 26.2 Å². The normalized spacial score (nSPS) is 16.0. The molecule has 1 aromatic rings. The summed E-state index contributed by atoms with van der Waals surface area (Å²) in [7, 11) is 3.51. The fourth-order valence-corrected chi connectivity index (χ4v) is 0.990. The van der Waals surface area contributed by atoms with Crippen molar-refractivity contribution >= 4 is 0 Å². The first-order valence-corrected chi connectivity index (χ1v) is 3.88. The molecule has 2 N–H and O–H groups in total. The number of aromatic nitrogens is 2. The van der Waals surface area contributed by atoms with Gasteiger partial charge in [0.25, 0.3) is 0 Å². The van der Waals surface area contributed by atoms with Crippen LogP contribution in [0.15, 0.2) is 12.3 Å². The van der Waals surface area contributed by atoms with Crippen LogP contribution in [0.3, 0.4) is 0 Å². The summed E-state index contributed by atoms with van der Waals surface area (Å²) < 4.78 is 7.02. The molecule has 1 rings (SSSR count). The maximum Gasteiger partial charge on any atom is 0.121 e. The van der Waals surface area contributed by atoms with Crippen LogP contribution in [0.5, 0.6) is 0 Å². The third-order valence-electron chi connectivity index (χ3n) is 2.10. The minimum absolute atomic E-state index is 0.431. The first-order chi connectivity index (χ1) is 5.62. The summed E-state index contributed by atoms with van der Waals surface area (Å²) in [5.74, 6) is 0. The second kappa shape index (κ2) is 3.25. The molecule has 0 aliphatic carbocycles. The van der Waals surface area contributed by atoms with E-state index >= 15 is 0 Å². The van der Waals surface area contributed by atoms with Crippen molar-refractivity contribution in [2.45, 2.75) is 12.5 Å². The molecule has 12 heavy (non-hydrogen) atoms. The van der Waals surface area contributed by atoms with Crippen LogP contribution < -0.4 is 5.73 Å². The van der Waals surface area contributed by atoms with Crippen LogP contribution in [-0.2, 0) is 17.4 Å². The molecule has 68 valence electrons. The Morgan fingerprint density at radius 3 is 2.75 bits per heavy atom. The van der Waals surface area contributed by atoms with Gasteiger partial charge in [-0.3, -0.25) is 4.68 Å². The highest BCUT2D eigenvalue weighted by atomic mass is 16.5. The molecule has 1 aromatic heterocycles. The largest absolute Gasteiger partial charge is 0.371 e. The summed E-state index contributed by atoms with van der Waals surface area (Å²) >= 11 is 0. The van der Waals surface area contributed by atoms with Gasteiger partial charge in [-0.05, 0) is 13.0 Å². The van der Waals surface area contributed by atoms with Gasteiger partial charge in [-0.15, -0.1) is 0 Å². The number of nitrogens with two attached hydrogens (primary N) is 1. The standard InChI is InChI=1S/C8H15N3O/c1-8(6-9,12-3)7-4-5-11(2)10-7/h4-5H,6,9H2,1-3H3. The zero-order valence-corrected chi connectivity index (χ0v) is 7.74. The van der Waals surface area contributed by atoms with Crippen molar-refractivity contribution in [1.82, 2.24) is 9.78 Å². The van der Waals surface area contributed by atoms with Crippen molar-refractivity contribution in [1.29, 1.82) is 0 Å². The van der Waals surface area contributed by atoms with Gasteiger partial charge in [-0.25, -0.2) is 0 Å². The number of aryl methyl sites for hydroxylation is 1. The first kappa shape index (κ1) is 9.22. The average molecular weight is 169 g/mol. The first-order valence-electron chi connectivity index (χ1n) is 3.88. The Bertz CT molecular complexity index is 253. The Morgan fingerprint density at radius 2 is 2.42 bits per heavy atom. The molecule has 0 fully saturated rings. The summed E-state index contributed by atoms with van der Waals surface area (Å²) in [5, 5.41) is 4.24. The van der Waals surface area contributed by atoms with E-state index in [0.717, 1.165) is 5.69 Å². The van der Waals surface area contributed by atoms with Crippen molar-refractivity contribution in [3.05, 3.63) is 18.0 Å². The lowest BCUT2D eigenvalue weighted by molar-refractivity contribution is 0.00599. The van der Waals surface area contributed by atoms with Crippen LogP contribution in [0.2, 0.25) is 0 Å². The molecule has 0 radical (unpaired) electrons. The van der Waals surface area contributed by atoms with Crippen molar-refractivity contribution < 1.29 is 4.74 Å². The highest BCUT2D eigenvalue weighted by Gasteiger charge is 2.26. The zero-order valence-electron chi connectivity index (χ0n) is 7.74. The van der Waals surface area contributed by atoms with E-state index in [2.05, 4.69) is 5.10 Å². The maximum atomic E-state index is 5.58. The molecule has 0 aliphatic rings. The molecule has 1 heterocycles. The maximum absolute atomic E-state index is 5.58. The summed E-state index contributed by atoms with van der Waals surface area (Å²) in [6.07, 6.45) is 1.88. The summed E-state index contributed by atoms with van der Waals surface area (Å²) in [4.78, 5) is 0. The van der Waals surface area contributed by atoms with Crippen LogP contribution in [0.1, 0.15) is 12.6 Å². The van der Waals surface area contributed by atoms with E-state index < -0.39 is 5.60 Å². The Hall–Kier alpha value is -0.870. The minimum Gasteiger partial charge on any atom is -0.371 e. The molecule has 0 saturated heterocycles. The smallest absolute Gasteiger partial charge is 0.121 e. The van der Waals surface area contributed by atoms with E-state index in [1.54, 1.807) is 11.8 Å². The van der Waals surface area contributed by atoms with Crippen molar-refractivity contribution in [3.63, 3.8) is 0 Å². The van der Waals surface area contributed by atoms with Crippen LogP contribution >= 0.6 is 0 Å². The average Bonchev–Trinajstić information content (AvgIpc) is 2.51. The molecule has 1 atom stereocenters. The number of hydrogen-bond donors (Lipinski definition) is 1. The van der Waals surface area contributed by atoms with Crippen LogP contribution in [-0.4, -0.2) is 23.4 Å². The molecule has 0 saturated carbocycles. The second-order valence-corrected chi connectivity index (χ2v) is 3.01. The third-order valence-corrected chi connectivity index (χ3v) is 2.10. The van der Waals surface area contributed by atoms with Gasteiger partial charge >= 0.3 is 0 Å². The van der Waals surface area contributed by atoms with Crippen molar-refractivity contribution in [3.8, 4) is 0 Å². The van der Waals surface area contributed by atoms with Crippen LogP contribution in [0.25, 0.3) is 0 Å². The fourth-order valence-electron chi connectivity index (χ4n) is 0.990. The third kappa shape index (κ3) is 1.49. The molecule has 0 aromatic carbocycles. The van der Waals surface area contributed by atoms with E-state index in [1.165, 1.54) is 0 Å². The highest BCUT2D eigenvalue weighted by Crippen LogP contribution is 2.20. The van der Waals surface area contributed by atoms with Crippen molar-refractivity contribution in [2.24, 2.45) is 12.8 Å². The topological polar surface area (TPSA) is 53.1 Å². The molecule has 0 spiro atoms. The van der Waals surface area contributed by atoms with Gasteiger partial charge in [0.1, 0.15) is 5.60 Å². The Morgan fingerprint density at radius 1 is 1.75 bits per heavy atom. The van der Waals surface area contributed by atoms with Gasteiger partial charge in [0.05, 0.1) is 5.69 Å². The van der Waals surface area contributed by atoms with Gasteiger partial charge in [-0.2, -0.15) is 5.10 Å². The lowest BCUT2D eigenvalue weighted by atomic mass is 10.0. The molecular weight excluding hydrogens is 154 g/mol. The predicted octanol–water partition coefficient (Wildman–Crippen LogP) is 0.240. The minimum atomic E-state index is -0.457. The summed E-state index contributed by atoms with van der Waals surface area (Å²) in [6.45, 7) is 2.36. The number of ether oxygens (including phenoxy) is 1. The van der Waals surface area contributed by atoms with Gasteiger partial charge in [0.15, 0.2) is 0 Å². The predicted molar refractivity (Wildman–Crippen MR) is 46.6 cm³/mol. The van der Waals surface area contributed by atoms with Gasteiger partial charge < -0.3 is 10.5 Å². The Labute approximate surface area is 72.3 Å². The molecule has 4 heteroatoms. The van der Waals surface area contributed by atoms with Gasteiger partial charge in [0, 0.05) is 26.9 Å². The number of nitrogens with zero attached hydrogens (tertiary/aromatic N) is 2. The zero-order chi connectivity index (χ0) is 9.19. The van der Waals surface area contributed by atoms with E-state index in [4.69, 9.17) is 10.5 Å². The monoisotopic (exact) mass is 169 g/mol. The second-order valence-electron chi connectivity index (χ2n) is 3.01. The Balaban J connectivity index is 2.94. The fraction of sp³-hybridized carbons (Fsp3) is 0.625. The summed E-state index contributed by atoms with van der Waals surface area (Å²) in [5.41, 5.74) is 6.00. The summed E-state index contributed by atoms with van der Waals surface area (Å²) in [6, 6.07) is 1.91. The number of rotatable bonds is 3. The molecule has 1 unspecified atom stereocenters. The SMILES string of the molecule is COC(C)(CN)c1ccn(C)n1. The van der Waals surface area contributed by atoms with Gasteiger partial charge in [0.2, 0.25) is 0 Å². The van der Waals surface area contributed by atoms with Gasteiger partial charge in [-0.1, -0.05) is 0 Å². The number of methoxy groups -OCH3 is 1. The van der Waals surface area contributed by atoms with Crippen molar-refractivity contribution in [2.75, 3.05) is 13.7 Å². The molecule has 4 nitrogen and oxygen atoms in total. The Kier molecular flexibility index (Phi) is 2.49. The lowest BCUT2D eigenvalue weighted by Gasteiger charge is -2.23. The van der Waals surface area contributed by atoms with Crippen LogP contribution in [0.4, 0.5) is 0 Å². The number of hydrogen-bond acceptors (Lipinski definition) is 3. The molecule has 0 bridgehead atoms. The molecular formula is C8H15N3O. The van der Waals surface area contributed by atoms with E-state index in [9.17, 15) is 0 Å². The highest BCUT2D eigenvalue weighted by molar-refractivity contribution is 5.10.